The number of allylic oxidation sites excluding steroid dienone is 1. The average Bonchev–Trinajstić information content (AvgIpc) is 3.36. The van der Waals surface area contributed by atoms with Crippen LogP contribution < -0.4 is 0 Å². The van der Waals surface area contributed by atoms with E-state index >= 15 is 0 Å². The smallest absolute Gasteiger partial charge is 0.138 e. The molecular formula is C29H28O. The maximum atomic E-state index is 6.02. The molecule has 1 heteroatoms. The summed E-state index contributed by atoms with van der Waals surface area (Å²) in [6, 6.07) is 22.2. The lowest BCUT2D eigenvalue weighted by Crippen LogP contribution is -2.10. The van der Waals surface area contributed by atoms with Gasteiger partial charge in [-0.25, -0.2) is 0 Å². The van der Waals surface area contributed by atoms with Crippen LogP contribution in [0.4, 0.5) is 0 Å². The van der Waals surface area contributed by atoms with Crippen LogP contribution in [0.3, 0.4) is 0 Å². The maximum Gasteiger partial charge on any atom is 0.138 e. The molecule has 0 radical (unpaired) electrons. The summed E-state index contributed by atoms with van der Waals surface area (Å²) in [7, 11) is 0. The van der Waals surface area contributed by atoms with E-state index in [9.17, 15) is 0 Å². The summed E-state index contributed by atoms with van der Waals surface area (Å²) in [6.07, 6.45) is 6.17. The van der Waals surface area contributed by atoms with Crippen LogP contribution in [0.25, 0.3) is 33.5 Å². The van der Waals surface area contributed by atoms with E-state index < -0.39 is 0 Å². The summed E-state index contributed by atoms with van der Waals surface area (Å²) in [5, 5.41) is 2.36. The largest absolute Gasteiger partial charge is 0.463 e. The molecule has 0 aliphatic heterocycles. The Balaban J connectivity index is 1.64. The van der Waals surface area contributed by atoms with Crippen molar-refractivity contribution in [1.82, 2.24) is 0 Å². The van der Waals surface area contributed by atoms with E-state index in [2.05, 4.69) is 94.4 Å². The predicted octanol–water partition coefficient (Wildman–Crippen LogP) is 8.06. The molecule has 1 heterocycles. The Bertz CT molecular complexity index is 1260. The monoisotopic (exact) mass is 392 g/mol. The summed E-state index contributed by atoms with van der Waals surface area (Å²) in [6.45, 7) is 9.04. The highest BCUT2D eigenvalue weighted by Crippen LogP contribution is 2.42. The molecule has 0 fully saturated rings. The first-order valence-electron chi connectivity index (χ1n) is 10.9. The van der Waals surface area contributed by atoms with Gasteiger partial charge in [-0.2, -0.15) is 0 Å². The number of rotatable bonds is 3. The van der Waals surface area contributed by atoms with Crippen molar-refractivity contribution in [3.05, 3.63) is 94.9 Å². The molecule has 0 N–H and O–H groups in total. The molecule has 1 aliphatic rings. The van der Waals surface area contributed by atoms with Crippen LogP contribution in [0.2, 0.25) is 0 Å². The minimum Gasteiger partial charge on any atom is -0.463 e. The SMILES string of the molecule is CCc1ccc2c(c1-c1ccc(C(C)(C)C)cc1)C=C(c1occ3ccccc13)C2. The van der Waals surface area contributed by atoms with Crippen molar-refractivity contribution in [2.24, 2.45) is 0 Å². The highest BCUT2D eigenvalue weighted by molar-refractivity contribution is 6.00. The van der Waals surface area contributed by atoms with E-state index in [4.69, 9.17) is 4.42 Å². The molecule has 30 heavy (non-hydrogen) atoms. The summed E-state index contributed by atoms with van der Waals surface area (Å²) in [5.74, 6) is 1.01. The van der Waals surface area contributed by atoms with Gasteiger partial charge in [0.05, 0.1) is 6.26 Å². The topological polar surface area (TPSA) is 13.1 Å². The molecule has 3 aromatic carbocycles. The van der Waals surface area contributed by atoms with E-state index in [0.717, 1.165) is 24.0 Å². The lowest BCUT2D eigenvalue weighted by molar-refractivity contribution is 0.557. The van der Waals surface area contributed by atoms with Crippen LogP contribution in [0.15, 0.2) is 71.3 Å². The third-order valence-corrected chi connectivity index (χ3v) is 6.34. The zero-order valence-electron chi connectivity index (χ0n) is 18.3. The van der Waals surface area contributed by atoms with Gasteiger partial charge < -0.3 is 4.42 Å². The van der Waals surface area contributed by atoms with Gasteiger partial charge >= 0.3 is 0 Å². The number of furan rings is 1. The normalized spacial score (nSPS) is 13.5. The quantitative estimate of drug-likeness (QED) is 0.344. The lowest BCUT2D eigenvalue weighted by Gasteiger charge is -2.20. The molecule has 1 aliphatic carbocycles. The number of fused-ring (bicyclic) bond motifs is 2. The molecule has 0 amide bonds. The van der Waals surface area contributed by atoms with Gasteiger partial charge in [-0.15, -0.1) is 0 Å². The van der Waals surface area contributed by atoms with Crippen LogP contribution in [0.5, 0.6) is 0 Å². The Kier molecular flexibility index (Phi) is 4.43. The minimum atomic E-state index is 0.165. The van der Waals surface area contributed by atoms with Crippen LogP contribution in [0, 0.1) is 0 Å². The summed E-state index contributed by atoms with van der Waals surface area (Å²) >= 11 is 0. The summed E-state index contributed by atoms with van der Waals surface area (Å²) in [4.78, 5) is 0. The standard InChI is InChI=1S/C29H28O/c1-5-19-10-11-21-16-23(28-25-9-7-6-8-22(25)18-30-28)17-26(21)27(19)20-12-14-24(15-13-20)29(2,3)4/h6-15,17-18H,5,16H2,1-4H3. The van der Waals surface area contributed by atoms with Crippen molar-refractivity contribution in [2.45, 2.75) is 46.0 Å². The molecular weight excluding hydrogens is 364 g/mol. The Morgan fingerprint density at radius 2 is 1.67 bits per heavy atom. The van der Waals surface area contributed by atoms with Crippen molar-refractivity contribution in [3.8, 4) is 11.1 Å². The molecule has 1 nitrogen and oxygen atoms in total. The molecule has 0 unspecified atom stereocenters. The minimum absolute atomic E-state index is 0.165. The van der Waals surface area contributed by atoms with Gasteiger partial charge in [0.15, 0.2) is 0 Å². The molecule has 0 saturated heterocycles. The second-order valence-corrected chi connectivity index (χ2v) is 9.35. The Labute approximate surface area is 179 Å². The fourth-order valence-electron chi connectivity index (χ4n) is 4.62. The van der Waals surface area contributed by atoms with E-state index in [0.29, 0.717) is 0 Å². The van der Waals surface area contributed by atoms with Crippen LogP contribution >= 0.6 is 0 Å². The lowest BCUT2D eigenvalue weighted by atomic mass is 9.85. The third kappa shape index (κ3) is 3.10. The average molecular weight is 393 g/mol. The van der Waals surface area contributed by atoms with Gasteiger partial charge in [0, 0.05) is 22.8 Å². The molecule has 0 atom stereocenters. The number of aryl methyl sites for hydroxylation is 1. The molecule has 0 bridgehead atoms. The van der Waals surface area contributed by atoms with Crippen LogP contribution in [-0.4, -0.2) is 0 Å². The fraction of sp³-hybridized carbons (Fsp3) is 0.241. The first kappa shape index (κ1) is 18.9. The van der Waals surface area contributed by atoms with E-state index in [-0.39, 0.29) is 5.41 Å². The summed E-state index contributed by atoms with van der Waals surface area (Å²) < 4.78 is 6.02. The Morgan fingerprint density at radius 3 is 2.40 bits per heavy atom. The Morgan fingerprint density at radius 1 is 0.900 bits per heavy atom. The highest BCUT2D eigenvalue weighted by atomic mass is 16.3. The first-order chi connectivity index (χ1) is 14.5. The van der Waals surface area contributed by atoms with Crippen molar-refractivity contribution >= 4 is 22.4 Å². The highest BCUT2D eigenvalue weighted by Gasteiger charge is 2.23. The third-order valence-electron chi connectivity index (χ3n) is 6.34. The van der Waals surface area contributed by atoms with E-state index in [1.165, 1.54) is 44.3 Å². The van der Waals surface area contributed by atoms with Crippen molar-refractivity contribution in [1.29, 1.82) is 0 Å². The molecule has 4 aromatic rings. The molecule has 5 rings (SSSR count). The first-order valence-corrected chi connectivity index (χ1v) is 10.9. The molecule has 150 valence electrons. The second-order valence-electron chi connectivity index (χ2n) is 9.35. The molecule has 0 saturated carbocycles. The number of hydrogen-bond acceptors (Lipinski definition) is 1. The van der Waals surface area contributed by atoms with Gasteiger partial charge in [0.25, 0.3) is 0 Å². The van der Waals surface area contributed by atoms with Crippen molar-refractivity contribution < 1.29 is 4.42 Å². The number of benzene rings is 3. The number of hydrogen-bond donors (Lipinski definition) is 0. The second kappa shape index (κ2) is 7.02. The van der Waals surface area contributed by atoms with Gasteiger partial charge in [0.1, 0.15) is 5.76 Å². The predicted molar refractivity (Wildman–Crippen MR) is 128 cm³/mol. The van der Waals surface area contributed by atoms with Crippen LogP contribution in [0.1, 0.15) is 55.7 Å². The zero-order valence-corrected chi connectivity index (χ0v) is 18.3. The van der Waals surface area contributed by atoms with E-state index in [1.807, 2.05) is 6.26 Å². The van der Waals surface area contributed by atoms with Gasteiger partial charge in [-0.05, 0) is 51.3 Å². The zero-order chi connectivity index (χ0) is 20.9. The van der Waals surface area contributed by atoms with E-state index in [1.54, 1.807) is 0 Å². The van der Waals surface area contributed by atoms with Crippen LogP contribution in [-0.2, 0) is 18.3 Å². The van der Waals surface area contributed by atoms with Gasteiger partial charge in [-0.3, -0.25) is 0 Å². The van der Waals surface area contributed by atoms with Gasteiger partial charge in [-0.1, -0.05) is 88.4 Å². The molecule has 1 aromatic heterocycles. The van der Waals surface area contributed by atoms with Gasteiger partial charge in [0.2, 0.25) is 0 Å². The fourth-order valence-corrected chi connectivity index (χ4v) is 4.62. The van der Waals surface area contributed by atoms with Crippen molar-refractivity contribution in [3.63, 3.8) is 0 Å². The maximum absolute atomic E-state index is 6.02. The molecule has 0 spiro atoms. The van der Waals surface area contributed by atoms with Crippen molar-refractivity contribution in [2.75, 3.05) is 0 Å². The Hall–Kier alpha value is -3.06. The summed E-state index contributed by atoms with van der Waals surface area (Å²) in [5.41, 5.74) is 9.63.